The van der Waals surface area contributed by atoms with Crippen LogP contribution in [0.5, 0.6) is 5.75 Å². The maximum absolute atomic E-state index is 5.78. The monoisotopic (exact) mass is 283 g/mol. The third kappa shape index (κ3) is 5.39. The molecule has 0 bridgehead atoms. The van der Waals surface area contributed by atoms with Crippen molar-refractivity contribution >= 4 is 0 Å². The number of nitrogens with zero attached hydrogens (tertiary/aromatic N) is 1. The number of hydrogen-bond acceptors (Lipinski definition) is 3. The first-order chi connectivity index (χ1) is 8.75. The Balaban J connectivity index is 0.00000180. The molecule has 0 aliphatic carbocycles. The Hall–Kier alpha value is -0.770. The molecule has 1 aromatic rings. The van der Waals surface area contributed by atoms with Gasteiger partial charge in [0.25, 0.3) is 0 Å². The SMILES string of the molecule is CC(C)c1ccc(OCCN2CCNCC2)cc1.[Cl-]. The van der Waals surface area contributed by atoms with Crippen LogP contribution in [-0.4, -0.2) is 44.2 Å². The molecule has 2 rings (SSSR count). The quantitative estimate of drug-likeness (QED) is 0.758. The second kappa shape index (κ2) is 8.41. The number of piperazine rings is 1. The summed E-state index contributed by atoms with van der Waals surface area (Å²) in [6.45, 7) is 10.7. The van der Waals surface area contributed by atoms with Crippen LogP contribution in [0.3, 0.4) is 0 Å². The second-order valence-corrected chi connectivity index (χ2v) is 5.16. The zero-order valence-electron chi connectivity index (χ0n) is 11.9. The van der Waals surface area contributed by atoms with Gasteiger partial charge in [-0.25, -0.2) is 0 Å². The molecule has 1 heterocycles. The zero-order chi connectivity index (χ0) is 12.8. The van der Waals surface area contributed by atoms with Crippen LogP contribution in [0.25, 0.3) is 0 Å². The van der Waals surface area contributed by atoms with Crippen LogP contribution in [0.1, 0.15) is 25.3 Å². The van der Waals surface area contributed by atoms with Crippen molar-refractivity contribution in [1.29, 1.82) is 0 Å². The van der Waals surface area contributed by atoms with Gasteiger partial charge < -0.3 is 22.5 Å². The Kier molecular flexibility index (Phi) is 7.21. The van der Waals surface area contributed by atoms with Crippen LogP contribution in [0.2, 0.25) is 0 Å². The van der Waals surface area contributed by atoms with Gasteiger partial charge in [-0.1, -0.05) is 26.0 Å². The molecule has 0 atom stereocenters. The Morgan fingerprint density at radius 3 is 2.37 bits per heavy atom. The summed E-state index contributed by atoms with van der Waals surface area (Å²) >= 11 is 0. The van der Waals surface area contributed by atoms with Gasteiger partial charge in [-0.15, -0.1) is 0 Å². The van der Waals surface area contributed by atoms with Crippen LogP contribution in [0.15, 0.2) is 24.3 Å². The van der Waals surface area contributed by atoms with E-state index in [1.165, 1.54) is 5.56 Å². The fraction of sp³-hybridized carbons (Fsp3) is 0.600. The van der Waals surface area contributed by atoms with Gasteiger partial charge >= 0.3 is 0 Å². The lowest BCUT2D eigenvalue weighted by atomic mass is 10.0. The smallest absolute Gasteiger partial charge is 0.119 e. The van der Waals surface area contributed by atoms with Crippen molar-refractivity contribution in [2.24, 2.45) is 0 Å². The minimum absolute atomic E-state index is 0. The zero-order valence-corrected chi connectivity index (χ0v) is 12.6. The molecule has 19 heavy (non-hydrogen) atoms. The summed E-state index contributed by atoms with van der Waals surface area (Å²) in [5.74, 6) is 1.56. The predicted molar refractivity (Wildman–Crippen MR) is 75.3 cm³/mol. The molecular weight excluding hydrogens is 260 g/mol. The second-order valence-electron chi connectivity index (χ2n) is 5.16. The molecule has 0 unspecified atom stereocenters. The molecular formula is C15H24ClN2O-. The molecule has 1 aliphatic heterocycles. The van der Waals surface area contributed by atoms with E-state index in [1.54, 1.807) is 0 Å². The minimum atomic E-state index is 0. The van der Waals surface area contributed by atoms with Crippen LogP contribution < -0.4 is 22.5 Å². The van der Waals surface area contributed by atoms with E-state index in [-0.39, 0.29) is 12.4 Å². The number of hydrogen-bond donors (Lipinski definition) is 1. The summed E-state index contributed by atoms with van der Waals surface area (Å²) in [7, 11) is 0. The summed E-state index contributed by atoms with van der Waals surface area (Å²) in [5, 5.41) is 3.36. The molecule has 1 fully saturated rings. The Bertz CT molecular complexity index is 348. The molecule has 108 valence electrons. The summed E-state index contributed by atoms with van der Waals surface area (Å²) in [5.41, 5.74) is 1.37. The number of rotatable bonds is 5. The largest absolute Gasteiger partial charge is 1.00 e. The normalized spacial score (nSPS) is 16.2. The Labute approximate surface area is 122 Å². The highest BCUT2D eigenvalue weighted by atomic mass is 35.5. The number of nitrogens with one attached hydrogen (secondary N) is 1. The average molecular weight is 284 g/mol. The van der Waals surface area contributed by atoms with Gasteiger partial charge in [0.05, 0.1) is 0 Å². The fourth-order valence-electron chi connectivity index (χ4n) is 2.18. The van der Waals surface area contributed by atoms with Crippen LogP contribution in [0, 0.1) is 0 Å². The first kappa shape index (κ1) is 16.3. The van der Waals surface area contributed by atoms with E-state index in [2.05, 4.69) is 48.3 Å². The Morgan fingerprint density at radius 1 is 1.16 bits per heavy atom. The lowest BCUT2D eigenvalue weighted by molar-refractivity contribution is -0.00000441. The Morgan fingerprint density at radius 2 is 1.79 bits per heavy atom. The molecule has 4 heteroatoms. The lowest BCUT2D eigenvalue weighted by Gasteiger charge is -2.26. The van der Waals surface area contributed by atoms with E-state index >= 15 is 0 Å². The van der Waals surface area contributed by atoms with Crippen molar-refractivity contribution in [2.75, 3.05) is 39.3 Å². The summed E-state index contributed by atoms with van der Waals surface area (Å²) in [4.78, 5) is 2.44. The molecule has 3 nitrogen and oxygen atoms in total. The van der Waals surface area contributed by atoms with E-state index < -0.39 is 0 Å². The van der Waals surface area contributed by atoms with Crippen molar-refractivity contribution in [1.82, 2.24) is 10.2 Å². The van der Waals surface area contributed by atoms with Gasteiger partial charge in [-0.2, -0.15) is 0 Å². The maximum atomic E-state index is 5.78. The standard InChI is InChI=1S/C15H24N2O.ClH/c1-13(2)14-3-5-15(6-4-14)18-12-11-17-9-7-16-8-10-17;/h3-6,13,16H,7-12H2,1-2H3;1H/p-1. The van der Waals surface area contributed by atoms with Gasteiger partial charge in [0.1, 0.15) is 12.4 Å². The number of ether oxygens (including phenoxy) is 1. The van der Waals surface area contributed by atoms with E-state index in [0.29, 0.717) is 5.92 Å². The van der Waals surface area contributed by atoms with Crippen molar-refractivity contribution in [3.8, 4) is 5.75 Å². The molecule has 0 saturated carbocycles. The van der Waals surface area contributed by atoms with Gasteiger partial charge in [-0.05, 0) is 23.6 Å². The van der Waals surface area contributed by atoms with Gasteiger partial charge in [-0.3, -0.25) is 4.90 Å². The molecule has 1 saturated heterocycles. The average Bonchev–Trinajstić information content (AvgIpc) is 2.40. The van der Waals surface area contributed by atoms with Crippen LogP contribution in [-0.2, 0) is 0 Å². The molecule has 0 spiro atoms. The third-order valence-corrected chi connectivity index (χ3v) is 3.43. The number of benzene rings is 1. The van der Waals surface area contributed by atoms with E-state index in [4.69, 9.17) is 4.74 Å². The predicted octanol–water partition coefficient (Wildman–Crippen LogP) is -0.902. The van der Waals surface area contributed by atoms with E-state index in [1.807, 2.05) is 0 Å². The highest BCUT2D eigenvalue weighted by molar-refractivity contribution is 5.28. The fourth-order valence-corrected chi connectivity index (χ4v) is 2.18. The van der Waals surface area contributed by atoms with Crippen molar-refractivity contribution in [2.45, 2.75) is 19.8 Å². The van der Waals surface area contributed by atoms with Crippen LogP contribution in [0.4, 0.5) is 0 Å². The molecule has 0 aromatic heterocycles. The topological polar surface area (TPSA) is 24.5 Å². The number of halogens is 1. The van der Waals surface area contributed by atoms with E-state index in [0.717, 1.165) is 45.1 Å². The maximum Gasteiger partial charge on any atom is 0.119 e. The molecule has 0 amide bonds. The van der Waals surface area contributed by atoms with Gasteiger partial charge in [0.2, 0.25) is 0 Å². The highest BCUT2D eigenvalue weighted by Gasteiger charge is 2.08. The van der Waals surface area contributed by atoms with Crippen molar-refractivity contribution in [3.63, 3.8) is 0 Å². The molecule has 1 aromatic carbocycles. The molecule has 0 radical (unpaired) electrons. The first-order valence-electron chi connectivity index (χ1n) is 6.91. The summed E-state index contributed by atoms with van der Waals surface area (Å²) < 4.78 is 5.78. The van der Waals surface area contributed by atoms with E-state index in [9.17, 15) is 0 Å². The van der Waals surface area contributed by atoms with Gasteiger partial charge in [0.15, 0.2) is 0 Å². The first-order valence-corrected chi connectivity index (χ1v) is 6.91. The molecule has 1 N–H and O–H groups in total. The summed E-state index contributed by atoms with van der Waals surface area (Å²) in [6.07, 6.45) is 0. The molecule has 1 aliphatic rings. The minimum Gasteiger partial charge on any atom is -1.00 e. The van der Waals surface area contributed by atoms with Crippen LogP contribution >= 0.6 is 0 Å². The van der Waals surface area contributed by atoms with Gasteiger partial charge in [0, 0.05) is 32.7 Å². The third-order valence-electron chi connectivity index (χ3n) is 3.43. The van der Waals surface area contributed by atoms with Crippen molar-refractivity contribution < 1.29 is 17.1 Å². The highest BCUT2D eigenvalue weighted by Crippen LogP contribution is 2.18. The van der Waals surface area contributed by atoms with Crippen molar-refractivity contribution in [3.05, 3.63) is 29.8 Å². The summed E-state index contributed by atoms with van der Waals surface area (Å²) in [6, 6.07) is 8.47. The lowest BCUT2D eigenvalue weighted by Crippen LogP contribution is -3.00.